The van der Waals surface area contributed by atoms with Crippen molar-refractivity contribution in [3.05, 3.63) is 0 Å². The highest BCUT2D eigenvalue weighted by Crippen LogP contribution is 2.51. The van der Waals surface area contributed by atoms with Crippen molar-refractivity contribution in [3.8, 4) is 0 Å². The molecule has 0 radical (unpaired) electrons. The second-order valence-corrected chi connectivity index (χ2v) is 7.18. The van der Waals surface area contributed by atoms with Crippen molar-refractivity contribution >= 4 is 0 Å². The minimum absolute atomic E-state index is 0.584. The van der Waals surface area contributed by atoms with Gasteiger partial charge in [0.1, 0.15) is 0 Å². The summed E-state index contributed by atoms with van der Waals surface area (Å²) in [5.41, 5.74) is 5.69. The summed E-state index contributed by atoms with van der Waals surface area (Å²) in [5, 5.41) is 0. The van der Waals surface area contributed by atoms with Gasteiger partial charge in [0.05, 0.1) is 12.2 Å². The van der Waals surface area contributed by atoms with E-state index in [0.717, 1.165) is 24.3 Å². The standard InChI is InChI=1S/C17H31NO/c18-10-9-14-12-17(14)13-5-4-8-16(11-13)19-15-6-2-1-3-7-15/h13-17H,1-12,18H2. The Morgan fingerprint density at radius 3 is 2.42 bits per heavy atom. The van der Waals surface area contributed by atoms with Crippen molar-refractivity contribution in [3.63, 3.8) is 0 Å². The zero-order valence-electron chi connectivity index (χ0n) is 12.4. The van der Waals surface area contributed by atoms with Crippen molar-refractivity contribution in [2.24, 2.45) is 23.5 Å². The second-order valence-electron chi connectivity index (χ2n) is 7.18. The smallest absolute Gasteiger partial charge is 0.0581 e. The van der Waals surface area contributed by atoms with E-state index in [-0.39, 0.29) is 0 Å². The lowest BCUT2D eigenvalue weighted by Gasteiger charge is -2.33. The highest BCUT2D eigenvalue weighted by Gasteiger charge is 2.43. The SMILES string of the molecule is NCCC1CC1C1CCCC(OC2CCCCC2)C1. The topological polar surface area (TPSA) is 35.2 Å². The molecule has 110 valence electrons. The van der Waals surface area contributed by atoms with E-state index >= 15 is 0 Å². The largest absolute Gasteiger partial charge is 0.375 e. The number of rotatable bonds is 5. The van der Waals surface area contributed by atoms with Crippen molar-refractivity contribution in [2.45, 2.75) is 82.8 Å². The summed E-state index contributed by atoms with van der Waals surface area (Å²) in [7, 11) is 0. The van der Waals surface area contributed by atoms with Gasteiger partial charge in [-0.2, -0.15) is 0 Å². The summed E-state index contributed by atoms with van der Waals surface area (Å²) in [4.78, 5) is 0. The third kappa shape index (κ3) is 3.72. The Bertz CT molecular complexity index is 274. The van der Waals surface area contributed by atoms with Crippen LogP contribution in [-0.4, -0.2) is 18.8 Å². The lowest BCUT2D eigenvalue weighted by Crippen LogP contribution is -2.29. The lowest BCUT2D eigenvalue weighted by molar-refractivity contribution is -0.0565. The molecule has 0 amide bonds. The van der Waals surface area contributed by atoms with Crippen LogP contribution >= 0.6 is 0 Å². The molecular formula is C17H31NO. The van der Waals surface area contributed by atoms with Crippen molar-refractivity contribution in [1.29, 1.82) is 0 Å². The van der Waals surface area contributed by atoms with Crippen LogP contribution in [0.3, 0.4) is 0 Å². The van der Waals surface area contributed by atoms with E-state index in [1.165, 1.54) is 70.6 Å². The molecule has 2 nitrogen and oxygen atoms in total. The van der Waals surface area contributed by atoms with E-state index in [9.17, 15) is 0 Å². The fourth-order valence-electron chi connectivity index (χ4n) is 4.56. The first-order valence-electron chi connectivity index (χ1n) is 8.72. The van der Waals surface area contributed by atoms with Gasteiger partial charge in [-0.1, -0.05) is 25.7 Å². The molecule has 0 heterocycles. The van der Waals surface area contributed by atoms with E-state index in [1.54, 1.807) is 0 Å². The van der Waals surface area contributed by atoms with Crippen LogP contribution in [-0.2, 0) is 4.74 Å². The molecule has 3 fully saturated rings. The van der Waals surface area contributed by atoms with Gasteiger partial charge < -0.3 is 10.5 Å². The van der Waals surface area contributed by atoms with Gasteiger partial charge in [0.2, 0.25) is 0 Å². The molecular weight excluding hydrogens is 234 g/mol. The van der Waals surface area contributed by atoms with Gasteiger partial charge in [0, 0.05) is 0 Å². The number of hydrogen-bond acceptors (Lipinski definition) is 2. The Labute approximate surface area is 118 Å². The van der Waals surface area contributed by atoms with Gasteiger partial charge in [-0.15, -0.1) is 0 Å². The maximum atomic E-state index is 6.41. The van der Waals surface area contributed by atoms with Gasteiger partial charge >= 0.3 is 0 Å². The molecule has 0 aliphatic heterocycles. The molecule has 2 N–H and O–H groups in total. The van der Waals surface area contributed by atoms with Gasteiger partial charge in [-0.25, -0.2) is 0 Å². The number of hydrogen-bond donors (Lipinski definition) is 1. The van der Waals surface area contributed by atoms with E-state index in [4.69, 9.17) is 10.5 Å². The Hall–Kier alpha value is -0.0800. The Morgan fingerprint density at radius 1 is 0.842 bits per heavy atom. The van der Waals surface area contributed by atoms with Gasteiger partial charge in [0.25, 0.3) is 0 Å². The first-order valence-corrected chi connectivity index (χ1v) is 8.72. The molecule has 3 saturated carbocycles. The molecule has 3 aliphatic rings. The monoisotopic (exact) mass is 265 g/mol. The quantitative estimate of drug-likeness (QED) is 0.818. The van der Waals surface area contributed by atoms with E-state index in [2.05, 4.69) is 0 Å². The van der Waals surface area contributed by atoms with Crippen molar-refractivity contribution in [2.75, 3.05) is 6.54 Å². The minimum Gasteiger partial charge on any atom is -0.375 e. The zero-order chi connectivity index (χ0) is 13.1. The molecule has 2 heteroatoms. The van der Waals surface area contributed by atoms with Gasteiger partial charge in [0.15, 0.2) is 0 Å². The van der Waals surface area contributed by atoms with Gasteiger partial charge in [-0.05, 0) is 69.2 Å². The molecule has 0 bridgehead atoms. The highest BCUT2D eigenvalue weighted by atomic mass is 16.5. The molecule has 3 aliphatic carbocycles. The van der Waals surface area contributed by atoms with E-state index in [0.29, 0.717) is 12.2 Å². The average molecular weight is 265 g/mol. The maximum Gasteiger partial charge on any atom is 0.0581 e. The molecule has 0 saturated heterocycles. The van der Waals surface area contributed by atoms with Crippen LogP contribution in [0, 0.1) is 17.8 Å². The summed E-state index contributed by atoms with van der Waals surface area (Å²) < 4.78 is 6.41. The van der Waals surface area contributed by atoms with E-state index < -0.39 is 0 Å². The molecule has 4 unspecified atom stereocenters. The van der Waals surface area contributed by atoms with Crippen LogP contribution in [0.25, 0.3) is 0 Å². The lowest BCUT2D eigenvalue weighted by atomic mass is 9.83. The number of nitrogens with two attached hydrogens (primary N) is 1. The van der Waals surface area contributed by atoms with Crippen LogP contribution in [0.2, 0.25) is 0 Å². The van der Waals surface area contributed by atoms with Crippen LogP contribution in [0.5, 0.6) is 0 Å². The summed E-state index contributed by atoms with van der Waals surface area (Å²) in [6.07, 6.45) is 16.3. The van der Waals surface area contributed by atoms with Crippen molar-refractivity contribution < 1.29 is 4.74 Å². The molecule has 4 atom stereocenters. The third-order valence-electron chi connectivity index (χ3n) is 5.72. The van der Waals surface area contributed by atoms with E-state index in [1.807, 2.05) is 0 Å². The Morgan fingerprint density at radius 2 is 1.63 bits per heavy atom. The molecule has 0 aromatic carbocycles. The summed E-state index contributed by atoms with van der Waals surface area (Å²) in [5.74, 6) is 2.92. The predicted molar refractivity (Wildman–Crippen MR) is 79.0 cm³/mol. The van der Waals surface area contributed by atoms with Crippen LogP contribution in [0.15, 0.2) is 0 Å². The Balaban J connectivity index is 1.43. The maximum absolute atomic E-state index is 6.41. The molecule has 19 heavy (non-hydrogen) atoms. The van der Waals surface area contributed by atoms with Gasteiger partial charge in [-0.3, -0.25) is 0 Å². The summed E-state index contributed by atoms with van der Waals surface area (Å²) >= 11 is 0. The first-order chi connectivity index (χ1) is 9.36. The van der Waals surface area contributed by atoms with Crippen molar-refractivity contribution in [1.82, 2.24) is 0 Å². The molecule has 0 aromatic rings. The fraction of sp³-hybridized carbons (Fsp3) is 1.00. The predicted octanol–water partition coefficient (Wildman–Crippen LogP) is 3.88. The highest BCUT2D eigenvalue weighted by molar-refractivity contribution is 4.93. The average Bonchev–Trinajstić information content (AvgIpc) is 3.20. The van der Waals surface area contributed by atoms with Crippen LogP contribution in [0.1, 0.15) is 70.6 Å². The summed E-state index contributed by atoms with van der Waals surface area (Å²) in [6, 6.07) is 0. The first kappa shape index (κ1) is 13.9. The molecule has 0 aromatic heterocycles. The van der Waals surface area contributed by atoms with Crippen LogP contribution < -0.4 is 5.73 Å². The summed E-state index contributed by atoms with van der Waals surface area (Å²) in [6.45, 7) is 0.885. The molecule has 3 rings (SSSR count). The number of ether oxygens (including phenoxy) is 1. The zero-order valence-corrected chi connectivity index (χ0v) is 12.4. The molecule has 0 spiro atoms. The second kappa shape index (κ2) is 6.58. The third-order valence-corrected chi connectivity index (χ3v) is 5.72. The minimum atomic E-state index is 0.584. The normalized spacial score (nSPS) is 40.3. The van der Waals surface area contributed by atoms with Crippen LogP contribution in [0.4, 0.5) is 0 Å². The Kier molecular flexibility index (Phi) is 4.81. The fourth-order valence-corrected chi connectivity index (χ4v) is 4.56.